The Kier molecular flexibility index (Phi) is 4.02. The average molecular weight is 165 g/mol. The molecule has 0 aromatic rings. The summed E-state index contributed by atoms with van der Waals surface area (Å²) in [5, 5.41) is 0. The van der Waals surface area contributed by atoms with Crippen LogP contribution >= 0.6 is 0 Å². The third kappa shape index (κ3) is 4.31. The summed E-state index contributed by atoms with van der Waals surface area (Å²) >= 11 is 0. The largest absolute Gasteiger partial charge is 0.278 e. The molecule has 0 fully saturated rings. The molecule has 4 nitrogen and oxygen atoms in total. The monoisotopic (exact) mass is 165 g/mol. The highest BCUT2D eigenvalue weighted by Gasteiger charge is 2.05. The van der Waals surface area contributed by atoms with Gasteiger partial charge in [0.15, 0.2) is 0 Å². The lowest BCUT2D eigenvalue weighted by Crippen LogP contribution is -2.24. The Morgan fingerprint density at radius 1 is 1.50 bits per heavy atom. The summed E-state index contributed by atoms with van der Waals surface area (Å²) in [4.78, 5) is 9.69. The lowest BCUT2D eigenvalue weighted by Gasteiger charge is -1.98. The molecule has 0 heterocycles. The van der Waals surface area contributed by atoms with E-state index >= 15 is 0 Å². The molecule has 0 rings (SSSR count). The quantitative estimate of drug-likeness (QED) is 0.577. The summed E-state index contributed by atoms with van der Waals surface area (Å²) in [7, 11) is -3.31. The summed E-state index contributed by atoms with van der Waals surface area (Å²) in [5.74, 6) is 0.0300. The van der Waals surface area contributed by atoms with Crippen LogP contribution < -0.4 is 4.72 Å². The van der Waals surface area contributed by atoms with Crippen molar-refractivity contribution >= 4 is 16.4 Å². The van der Waals surface area contributed by atoms with E-state index in [1.807, 2.05) is 6.92 Å². The third-order valence-corrected chi connectivity index (χ3v) is 2.28. The van der Waals surface area contributed by atoms with E-state index in [9.17, 15) is 13.2 Å². The highest BCUT2D eigenvalue weighted by molar-refractivity contribution is 7.89. The molecule has 1 amide bonds. The number of sulfonamides is 1. The molecule has 5 heteroatoms. The molecule has 60 valence electrons. The molecule has 0 spiro atoms. The van der Waals surface area contributed by atoms with E-state index in [4.69, 9.17) is 0 Å². The van der Waals surface area contributed by atoms with Gasteiger partial charge >= 0.3 is 0 Å². The second-order valence-corrected chi connectivity index (χ2v) is 3.78. The fourth-order valence-electron chi connectivity index (χ4n) is 0.467. The lowest BCUT2D eigenvalue weighted by atomic mass is 10.4. The minimum absolute atomic E-state index is 0.0300. The first-order valence-electron chi connectivity index (χ1n) is 3.06. The van der Waals surface area contributed by atoms with Crippen molar-refractivity contribution in [1.29, 1.82) is 0 Å². The van der Waals surface area contributed by atoms with Crippen LogP contribution in [0.25, 0.3) is 0 Å². The predicted molar refractivity (Wildman–Crippen MR) is 37.9 cm³/mol. The van der Waals surface area contributed by atoms with E-state index < -0.39 is 10.0 Å². The second-order valence-electron chi connectivity index (χ2n) is 1.91. The standard InChI is InChI=1S/C5H11NO3S/c1-2-3-4-10(8,9)6-5-7/h5H,2-4H2,1H3,(H,6,7). The molecule has 0 radical (unpaired) electrons. The van der Waals surface area contributed by atoms with Crippen LogP contribution in [0.2, 0.25) is 0 Å². The maximum atomic E-state index is 10.6. The summed E-state index contributed by atoms with van der Waals surface area (Å²) in [6.45, 7) is 1.89. The van der Waals surface area contributed by atoms with Crippen molar-refractivity contribution in [3.05, 3.63) is 0 Å². The van der Waals surface area contributed by atoms with E-state index in [0.29, 0.717) is 6.42 Å². The Bertz CT molecular complexity index is 185. The first-order chi connectivity index (χ1) is 4.62. The number of hydrogen-bond donors (Lipinski definition) is 1. The van der Waals surface area contributed by atoms with Crippen molar-refractivity contribution in [3.63, 3.8) is 0 Å². The van der Waals surface area contributed by atoms with Crippen LogP contribution in [-0.2, 0) is 14.8 Å². The molecular weight excluding hydrogens is 154 g/mol. The molecule has 0 unspecified atom stereocenters. The van der Waals surface area contributed by atoms with Gasteiger partial charge in [0.25, 0.3) is 0 Å². The van der Waals surface area contributed by atoms with E-state index in [2.05, 4.69) is 0 Å². The number of unbranched alkanes of at least 4 members (excludes halogenated alkanes) is 1. The van der Waals surface area contributed by atoms with Gasteiger partial charge in [0.05, 0.1) is 5.75 Å². The van der Waals surface area contributed by atoms with Gasteiger partial charge in [-0.1, -0.05) is 13.3 Å². The van der Waals surface area contributed by atoms with Crippen LogP contribution in [0.1, 0.15) is 19.8 Å². The van der Waals surface area contributed by atoms with Crippen LogP contribution in [0.3, 0.4) is 0 Å². The zero-order valence-corrected chi connectivity index (χ0v) is 6.65. The molecule has 0 bridgehead atoms. The van der Waals surface area contributed by atoms with E-state index in [1.165, 1.54) is 0 Å². The molecule has 1 N–H and O–H groups in total. The van der Waals surface area contributed by atoms with Gasteiger partial charge in [0, 0.05) is 0 Å². The van der Waals surface area contributed by atoms with Crippen molar-refractivity contribution in [2.45, 2.75) is 19.8 Å². The normalized spacial score (nSPS) is 10.9. The summed E-state index contributed by atoms with van der Waals surface area (Å²) in [6, 6.07) is 0. The van der Waals surface area contributed by atoms with Crippen LogP contribution in [-0.4, -0.2) is 20.6 Å². The van der Waals surface area contributed by atoms with Crippen LogP contribution in [0.5, 0.6) is 0 Å². The Labute approximate surface area is 60.7 Å². The summed E-state index contributed by atoms with van der Waals surface area (Å²) in [6.07, 6.45) is 1.58. The first kappa shape index (κ1) is 9.42. The molecule has 0 aliphatic carbocycles. The maximum absolute atomic E-state index is 10.6. The van der Waals surface area contributed by atoms with Crippen LogP contribution in [0.4, 0.5) is 0 Å². The Hall–Kier alpha value is -0.580. The third-order valence-electron chi connectivity index (χ3n) is 0.994. The smallest absolute Gasteiger partial charge is 0.234 e. The molecule has 0 aromatic heterocycles. The molecule has 0 aromatic carbocycles. The molecule has 0 aliphatic rings. The van der Waals surface area contributed by atoms with Gasteiger partial charge in [0.2, 0.25) is 16.4 Å². The van der Waals surface area contributed by atoms with Gasteiger partial charge in [-0.25, -0.2) is 8.42 Å². The topological polar surface area (TPSA) is 63.2 Å². The SMILES string of the molecule is CCCCS(=O)(=O)NC=O. The maximum Gasteiger partial charge on any atom is 0.234 e. The second kappa shape index (κ2) is 4.27. The average Bonchev–Trinajstić information content (AvgIpc) is 1.84. The van der Waals surface area contributed by atoms with E-state index in [-0.39, 0.29) is 12.2 Å². The molecule has 0 saturated carbocycles. The summed E-state index contributed by atoms with van der Waals surface area (Å²) < 4.78 is 23.0. The highest BCUT2D eigenvalue weighted by Crippen LogP contribution is 1.91. The fourth-order valence-corrected chi connectivity index (χ4v) is 1.40. The van der Waals surface area contributed by atoms with Crippen LogP contribution in [0, 0.1) is 0 Å². The van der Waals surface area contributed by atoms with Gasteiger partial charge < -0.3 is 0 Å². The van der Waals surface area contributed by atoms with Crippen molar-refractivity contribution in [2.24, 2.45) is 0 Å². The van der Waals surface area contributed by atoms with Gasteiger partial charge in [-0.3, -0.25) is 9.52 Å². The van der Waals surface area contributed by atoms with Gasteiger partial charge in [-0.05, 0) is 6.42 Å². The number of carbonyl (C=O) groups is 1. The molecular formula is C5H11NO3S. The van der Waals surface area contributed by atoms with Gasteiger partial charge in [-0.2, -0.15) is 0 Å². The highest BCUT2D eigenvalue weighted by atomic mass is 32.2. The van der Waals surface area contributed by atoms with Gasteiger partial charge in [-0.15, -0.1) is 0 Å². The minimum Gasteiger partial charge on any atom is -0.278 e. The first-order valence-corrected chi connectivity index (χ1v) is 4.71. The number of amides is 1. The Morgan fingerprint density at radius 2 is 2.10 bits per heavy atom. The van der Waals surface area contributed by atoms with Crippen molar-refractivity contribution in [1.82, 2.24) is 4.72 Å². The number of hydrogen-bond acceptors (Lipinski definition) is 3. The molecule has 10 heavy (non-hydrogen) atoms. The zero-order valence-electron chi connectivity index (χ0n) is 5.83. The fraction of sp³-hybridized carbons (Fsp3) is 0.800. The summed E-state index contributed by atoms with van der Waals surface area (Å²) in [5.41, 5.74) is 0. The van der Waals surface area contributed by atoms with E-state index in [1.54, 1.807) is 4.72 Å². The molecule has 0 atom stereocenters. The van der Waals surface area contributed by atoms with Crippen molar-refractivity contribution < 1.29 is 13.2 Å². The van der Waals surface area contributed by atoms with Crippen LogP contribution in [0.15, 0.2) is 0 Å². The predicted octanol–water partition coefficient (Wildman–Crippen LogP) is -0.138. The van der Waals surface area contributed by atoms with Gasteiger partial charge in [0.1, 0.15) is 0 Å². The Balaban J connectivity index is 3.76. The molecule has 0 aliphatic heterocycles. The number of carbonyl (C=O) groups excluding carboxylic acids is 1. The zero-order chi connectivity index (χ0) is 8.04. The number of rotatable bonds is 5. The molecule has 0 saturated heterocycles. The van der Waals surface area contributed by atoms with Crippen molar-refractivity contribution in [3.8, 4) is 0 Å². The minimum atomic E-state index is -3.31. The lowest BCUT2D eigenvalue weighted by molar-refractivity contribution is -0.108. The Morgan fingerprint density at radius 3 is 2.50 bits per heavy atom. The number of nitrogens with one attached hydrogen (secondary N) is 1. The van der Waals surface area contributed by atoms with E-state index in [0.717, 1.165) is 6.42 Å². The van der Waals surface area contributed by atoms with Crippen molar-refractivity contribution in [2.75, 3.05) is 5.75 Å².